The van der Waals surface area contributed by atoms with Crippen LogP contribution >= 0.6 is 0 Å². The van der Waals surface area contributed by atoms with E-state index < -0.39 is 0 Å². The fourth-order valence-electron chi connectivity index (χ4n) is 1.59. The summed E-state index contributed by atoms with van der Waals surface area (Å²) in [5.74, 6) is 6.22. The van der Waals surface area contributed by atoms with E-state index in [-0.39, 0.29) is 6.10 Å². The lowest BCUT2D eigenvalue weighted by Crippen LogP contribution is -1.97. The summed E-state index contributed by atoms with van der Waals surface area (Å²) in [5.41, 5.74) is 2.01. The molecule has 2 rings (SSSR count). The van der Waals surface area contributed by atoms with Gasteiger partial charge < -0.3 is 4.74 Å². The van der Waals surface area contributed by atoms with Crippen molar-refractivity contribution in [2.45, 2.75) is 6.10 Å². The minimum Gasteiger partial charge on any atom is -0.481 e. The summed E-state index contributed by atoms with van der Waals surface area (Å²) in [4.78, 5) is 0. The molecule has 0 fully saturated rings. The van der Waals surface area contributed by atoms with Crippen LogP contribution in [0.3, 0.4) is 0 Å². The summed E-state index contributed by atoms with van der Waals surface area (Å²) in [6, 6.07) is 19.8. The molecule has 0 aliphatic heterocycles. The molecule has 2 aromatic carbocycles. The van der Waals surface area contributed by atoms with Gasteiger partial charge in [-0.2, -0.15) is 0 Å². The van der Waals surface area contributed by atoms with Crippen molar-refractivity contribution in [2.24, 2.45) is 0 Å². The average molecular weight is 234 g/mol. The van der Waals surface area contributed by atoms with Crippen molar-refractivity contribution in [2.75, 3.05) is 0 Å². The Labute approximate surface area is 108 Å². The second kappa shape index (κ2) is 6.32. The predicted octanol–water partition coefficient (Wildman–Crippen LogP) is 3.94. The molecule has 1 atom stereocenters. The van der Waals surface area contributed by atoms with E-state index in [0.717, 1.165) is 11.1 Å². The molecule has 0 amide bonds. The first-order valence-corrected chi connectivity index (χ1v) is 5.78. The van der Waals surface area contributed by atoms with E-state index in [4.69, 9.17) is 4.74 Å². The second-order valence-corrected chi connectivity index (χ2v) is 3.73. The van der Waals surface area contributed by atoms with Crippen LogP contribution < -0.4 is 0 Å². The van der Waals surface area contributed by atoms with Gasteiger partial charge >= 0.3 is 0 Å². The molecule has 2 aromatic rings. The van der Waals surface area contributed by atoms with Crippen molar-refractivity contribution < 1.29 is 4.74 Å². The molecule has 0 saturated carbocycles. The molecule has 0 aliphatic carbocycles. The lowest BCUT2D eigenvalue weighted by atomic mass is 10.1. The average Bonchev–Trinajstić information content (AvgIpc) is 2.45. The minimum atomic E-state index is -0.274. The SMILES string of the molecule is C=COC(C#Cc1ccccc1)c1ccccc1. The molecule has 1 nitrogen and oxygen atoms in total. The first-order valence-electron chi connectivity index (χ1n) is 5.78. The minimum absolute atomic E-state index is 0.274. The molecule has 0 saturated heterocycles. The highest BCUT2D eigenvalue weighted by Gasteiger charge is 2.06. The van der Waals surface area contributed by atoms with E-state index >= 15 is 0 Å². The molecule has 0 spiro atoms. The van der Waals surface area contributed by atoms with Crippen LogP contribution in [0.1, 0.15) is 17.2 Å². The summed E-state index contributed by atoms with van der Waals surface area (Å²) in [7, 11) is 0. The van der Waals surface area contributed by atoms with Crippen molar-refractivity contribution in [1.29, 1.82) is 0 Å². The van der Waals surface area contributed by atoms with Crippen LogP contribution in [0.5, 0.6) is 0 Å². The standard InChI is InChI=1S/C17H14O/c1-2-18-17(16-11-7-4-8-12-16)14-13-15-9-5-3-6-10-15/h2-12,17H,1H2. The normalized spacial score (nSPS) is 10.9. The van der Waals surface area contributed by atoms with E-state index in [9.17, 15) is 0 Å². The zero-order chi connectivity index (χ0) is 12.6. The van der Waals surface area contributed by atoms with Crippen molar-refractivity contribution in [1.82, 2.24) is 0 Å². The van der Waals surface area contributed by atoms with Crippen molar-refractivity contribution in [3.05, 3.63) is 84.6 Å². The molecule has 1 heteroatoms. The Morgan fingerprint density at radius 1 is 0.944 bits per heavy atom. The van der Waals surface area contributed by atoms with Gasteiger partial charge in [-0.15, -0.1) is 0 Å². The van der Waals surface area contributed by atoms with E-state index in [2.05, 4.69) is 18.4 Å². The molecular formula is C17H14O. The Kier molecular flexibility index (Phi) is 4.22. The third-order valence-electron chi connectivity index (χ3n) is 2.46. The Balaban J connectivity index is 2.23. The molecule has 1 unspecified atom stereocenters. The van der Waals surface area contributed by atoms with E-state index in [1.165, 1.54) is 6.26 Å². The predicted molar refractivity (Wildman–Crippen MR) is 73.8 cm³/mol. The Bertz CT molecular complexity index is 546. The number of ether oxygens (including phenoxy) is 1. The molecular weight excluding hydrogens is 220 g/mol. The maximum absolute atomic E-state index is 5.44. The second-order valence-electron chi connectivity index (χ2n) is 3.73. The Morgan fingerprint density at radius 2 is 1.56 bits per heavy atom. The summed E-state index contributed by atoms with van der Waals surface area (Å²) in [6.07, 6.45) is 1.15. The van der Waals surface area contributed by atoms with Crippen LogP contribution in [0.4, 0.5) is 0 Å². The lowest BCUT2D eigenvalue weighted by Gasteiger charge is -2.09. The van der Waals surface area contributed by atoms with Gasteiger partial charge in [-0.3, -0.25) is 0 Å². The quantitative estimate of drug-likeness (QED) is 0.577. The molecule has 0 radical (unpaired) electrons. The van der Waals surface area contributed by atoms with Gasteiger partial charge in [0.2, 0.25) is 0 Å². The smallest absolute Gasteiger partial charge is 0.183 e. The third-order valence-corrected chi connectivity index (χ3v) is 2.46. The first-order chi connectivity index (χ1) is 8.90. The van der Waals surface area contributed by atoms with Crippen LogP contribution in [0.25, 0.3) is 0 Å². The molecule has 0 bridgehead atoms. The molecule has 0 aliphatic rings. The van der Waals surface area contributed by atoms with Gasteiger partial charge in [-0.1, -0.05) is 61.0 Å². The van der Waals surface area contributed by atoms with Gasteiger partial charge in [0.05, 0.1) is 6.26 Å². The van der Waals surface area contributed by atoms with Crippen LogP contribution in [0.15, 0.2) is 73.5 Å². The summed E-state index contributed by atoms with van der Waals surface area (Å²) < 4.78 is 5.44. The molecule has 88 valence electrons. The van der Waals surface area contributed by atoms with E-state index in [1.54, 1.807) is 0 Å². The van der Waals surface area contributed by atoms with Gasteiger partial charge in [0.15, 0.2) is 6.10 Å². The molecule has 18 heavy (non-hydrogen) atoms. The van der Waals surface area contributed by atoms with Crippen LogP contribution in [0.2, 0.25) is 0 Å². The number of hydrogen-bond acceptors (Lipinski definition) is 1. The fraction of sp³-hybridized carbons (Fsp3) is 0.0588. The highest BCUT2D eigenvalue weighted by molar-refractivity contribution is 5.36. The number of rotatable bonds is 3. The molecule has 0 aromatic heterocycles. The highest BCUT2D eigenvalue weighted by Crippen LogP contribution is 2.16. The lowest BCUT2D eigenvalue weighted by molar-refractivity contribution is 0.199. The van der Waals surface area contributed by atoms with Crippen LogP contribution in [0, 0.1) is 11.8 Å². The number of hydrogen-bond donors (Lipinski definition) is 0. The van der Waals surface area contributed by atoms with Crippen molar-refractivity contribution in [3.8, 4) is 11.8 Å². The zero-order valence-corrected chi connectivity index (χ0v) is 10.0. The first kappa shape index (κ1) is 12.0. The van der Waals surface area contributed by atoms with Crippen LogP contribution in [-0.2, 0) is 4.74 Å². The Hall–Kier alpha value is -2.46. The zero-order valence-electron chi connectivity index (χ0n) is 10.0. The largest absolute Gasteiger partial charge is 0.481 e. The van der Waals surface area contributed by atoms with Gasteiger partial charge in [-0.05, 0) is 18.1 Å². The van der Waals surface area contributed by atoms with Gasteiger partial charge in [-0.25, -0.2) is 0 Å². The van der Waals surface area contributed by atoms with E-state index in [0.29, 0.717) is 0 Å². The summed E-state index contributed by atoms with van der Waals surface area (Å²) in [6.45, 7) is 3.59. The fourth-order valence-corrected chi connectivity index (χ4v) is 1.59. The van der Waals surface area contributed by atoms with Gasteiger partial charge in [0.1, 0.15) is 0 Å². The molecule has 0 heterocycles. The third kappa shape index (κ3) is 3.26. The summed E-state index contributed by atoms with van der Waals surface area (Å²) in [5, 5.41) is 0. The summed E-state index contributed by atoms with van der Waals surface area (Å²) >= 11 is 0. The maximum Gasteiger partial charge on any atom is 0.183 e. The monoisotopic (exact) mass is 234 g/mol. The van der Waals surface area contributed by atoms with Crippen molar-refractivity contribution >= 4 is 0 Å². The van der Waals surface area contributed by atoms with Gasteiger partial charge in [0.25, 0.3) is 0 Å². The maximum atomic E-state index is 5.44. The Morgan fingerprint density at radius 3 is 2.17 bits per heavy atom. The van der Waals surface area contributed by atoms with Gasteiger partial charge in [0, 0.05) is 11.1 Å². The molecule has 0 N–H and O–H groups in total. The van der Waals surface area contributed by atoms with E-state index in [1.807, 2.05) is 60.7 Å². The topological polar surface area (TPSA) is 9.23 Å². The van der Waals surface area contributed by atoms with Crippen LogP contribution in [-0.4, -0.2) is 0 Å². The highest BCUT2D eigenvalue weighted by atomic mass is 16.5. The number of benzene rings is 2. The van der Waals surface area contributed by atoms with Crippen molar-refractivity contribution in [3.63, 3.8) is 0 Å².